The molecule has 1 aromatic heterocycles. The Hall–Kier alpha value is -3.80. The van der Waals surface area contributed by atoms with Crippen molar-refractivity contribution in [3.8, 4) is 11.8 Å². The Morgan fingerprint density at radius 3 is 1.88 bits per heavy atom. The van der Waals surface area contributed by atoms with Gasteiger partial charge in [-0.1, -0.05) is 0 Å². The van der Waals surface area contributed by atoms with Gasteiger partial charge in [0.2, 0.25) is 0 Å². The second-order valence-corrected chi connectivity index (χ2v) is 5.03. The summed E-state index contributed by atoms with van der Waals surface area (Å²) >= 11 is 0. The summed E-state index contributed by atoms with van der Waals surface area (Å²) in [5.41, 5.74) is 6.01. The molecule has 0 radical (unpaired) electrons. The molecule has 1 heterocycles. The van der Waals surface area contributed by atoms with Gasteiger partial charge in [-0.15, -0.1) is 0 Å². The third-order valence-electron chi connectivity index (χ3n) is 3.58. The number of nitriles is 1. The quantitative estimate of drug-likeness (QED) is 0.639. The average molecular weight is 357 g/mol. The van der Waals surface area contributed by atoms with Crippen LogP contribution in [0, 0.1) is 11.3 Å². The first-order valence-corrected chi connectivity index (χ1v) is 7.19. The average Bonchev–Trinajstić information content (AvgIpc) is 3.01. The Labute approximate surface area is 148 Å². The van der Waals surface area contributed by atoms with E-state index in [1.54, 1.807) is 0 Å². The lowest BCUT2D eigenvalue weighted by atomic mass is 10.1. The maximum Gasteiger partial charge on any atom is 0.357 e. The summed E-state index contributed by atoms with van der Waals surface area (Å²) in [7, 11) is 3.54. The van der Waals surface area contributed by atoms with Crippen molar-refractivity contribution in [2.45, 2.75) is 0 Å². The molecule has 1 aromatic carbocycles. The van der Waals surface area contributed by atoms with E-state index in [9.17, 15) is 19.6 Å². The molecular weight excluding hydrogens is 342 g/mol. The van der Waals surface area contributed by atoms with E-state index in [0.717, 1.165) is 7.11 Å². The Morgan fingerprint density at radius 1 is 0.962 bits per heavy atom. The molecule has 0 spiro atoms. The molecule has 0 amide bonds. The molecule has 2 N–H and O–H groups in total. The van der Waals surface area contributed by atoms with Crippen molar-refractivity contribution in [2.24, 2.45) is 0 Å². The van der Waals surface area contributed by atoms with Gasteiger partial charge < -0.3 is 24.5 Å². The van der Waals surface area contributed by atoms with Crippen LogP contribution in [0.3, 0.4) is 0 Å². The highest BCUT2D eigenvalue weighted by Crippen LogP contribution is 2.26. The van der Waals surface area contributed by atoms with E-state index >= 15 is 0 Å². The van der Waals surface area contributed by atoms with E-state index in [-0.39, 0.29) is 33.8 Å². The number of esters is 3. The number of carbonyl (C=O) groups excluding carboxylic acids is 3. The van der Waals surface area contributed by atoms with E-state index < -0.39 is 17.9 Å². The summed E-state index contributed by atoms with van der Waals surface area (Å²) in [6.45, 7) is 0. The molecule has 26 heavy (non-hydrogen) atoms. The fourth-order valence-electron chi connectivity index (χ4n) is 2.34. The maximum atomic E-state index is 12.1. The molecule has 134 valence electrons. The lowest BCUT2D eigenvalue weighted by Crippen LogP contribution is -2.13. The minimum absolute atomic E-state index is 0.0356. The predicted octanol–water partition coefficient (Wildman–Crippen LogP) is 1.29. The van der Waals surface area contributed by atoms with Crippen LogP contribution in [0.2, 0.25) is 0 Å². The van der Waals surface area contributed by atoms with Crippen molar-refractivity contribution >= 4 is 23.6 Å². The molecular formula is C17H15N3O6. The Balaban J connectivity index is 2.79. The molecule has 0 atom stereocenters. The number of carbonyl (C=O) groups is 3. The van der Waals surface area contributed by atoms with Gasteiger partial charge in [0.1, 0.15) is 6.07 Å². The van der Waals surface area contributed by atoms with Crippen LogP contribution in [-0.4, -0.2) is 43.8 Å². The number of hydrogen-bond acceptors (Lipinski definition) is 8. The van der Waals surface area contributed by atoms with Crippen LogP contribution < -0.4 is 5.73 Å². The molecule has 0 fully saturated rings. The molecule has 0 aliphatic rings. The van der Waals surface area contributed by atoms with Crippen LogP contribution in [0.5, 0.6) is 0 Å². The van der Waals surface area contributed by atoms with Gasteiger partial charge >= 0.3 is 17.9 Å². The Morgan fingerprint density at radius 2 is 1.46 bits per heavy atom. The normalized spacial score (nSPS) is 9.92. The number of benzene rings is 1. The van der Waals surface area contributed by atoms with Gasteiger partial charge in [-0.05, 0) is 18.2 Å². The van der Waals surface area contributed by atoms with Crippen molar-refractivity contribution in [1.82, 2.24) is 4.57 Å². The van der Waals surface area contributed by atoms with E-state index in [0.29, 0.717) is 0 Å². The number of aromatic nitrogens is 1. The molecule has 0 aliphatic carbocycles. The highest BCUT2D eigenvalue weighted by Gasteiger charge is 2.23. The summed E-state index contributed by atoms with van der Waals surface area (Å²) in [6, 6.07) is 5.91. The van der Waals surface area contributed by atoms with Crippen LogP contribution in [0.15, 0.2) is 24.4 Å². The molecule has 0 saturated carbocycles. The maximum absolute atomic E-state index is 12.1. The fraction of sp³-hybridized carbons (Fsp3) is 0.176. The molecule has 0 unspecified atom stereocenters. The van der Waals surface area contributed by atoms with Gasteiger partial charge in [-0.25, -0.2) is 14.4 Å². The number of nitrogen functional groups attached to an aromatic ring is 1. The highest BCUT2D eigenvalue weighted by molar-refractivity contribution is 5.98. The van der Waals surface area contributed by atoms with Crippen molar-refractivity contribution in [2.75, 3.05) is 27.1 Å². The number of anilines is 1. The summed E-state index contributed by atoms with van der Waals surface area (Å²) in [6.07, 6.45) is 1.30. The van der Waals surface area contributed by atoms with Crippen LogP contribution >= 0.6 is 0 Å². The minimum atomic E-state index is -0.785. The van der Waals surface area contributed by atoms with Gasteiger partial charge in [0.05, 0.1) is 43.7 Å². The van der Waals surface area contributed by atoms with E-state index in [1.165, 1.54) is 43.2 Å². The molecule has 9 heteroatoms. The smallest absolute Gasteiger partial charge is 0.357 e. The lowest BCUT2D eigenvalue weighted by Gasteiger charge is -2.11. The topological polar surface area (TPSA) is 134 Å². The lowest BCUT2D eigenvalue weighted by molar-refractivity contribution is 0.0585. The van der Waals surface area contributed by atoms with Crippen molar-refractivity contribution < 1.29 is 28.6 Å². The van der Waals surface area contributed by atoms with Crippen LogP contribution in [-0.2, 0) is 14.2 Å². The van der Waals surface area contributed by atoms with Crippen molar-refractivity contribution in [3.05, 3.63) is 46.8 Å². The summed E-state index contributed by atoms with van der Waals surface area (Å²) in [4.78, 5) is 35.9. The minimum Gasteiger partial charge on any atom is -0.465 e. The number of ether oxygens (including phenoxy) is 3. The number of nitrogens with two attached hydrogens (primary N) is 1. The van der Waals surface area contributed by atoms with Crippen LogP contribution in [0.1, 0.15) is 36.8 Å². The van der Waals surface area contributed by atoms with Gasteiger partial charge in [-0.3, -0.25) is 0 Å². The molecule has 9 nitrogen and oxygen atoms in total. The molecule has 0 aliphatic heterocycles. The van der Waals surface area contributed by atoms with E-state index in [4.69, 9.17) is 10.5 Å². The predicted molar refractivity (Wildman–Crippen MR) is 88.9 cm³/mol. The zero-order valence-electron chi connectivity index (χ0n) is 14.2. The monoisotopic (exact) mass is 357 g/mol. The summed E-state index contributed by atoms with van der Waals surface area (Å²) in [5, 5.41) is 9.18. The zero-order valence-corrected chi connectivity index (χ0v) is 14.2. The number of methoxy groups -OCH3 is 3. The van der Waals surface area contributed by atoms with Crippen LogP contribution in [0.25, 0.3) is 5.69 Å². The van der Waals surface area contributed by atoms with Crippen molar-refractivity contribution in [3.63, 3.8) is 0 Å². The van der Waals surface area contributed by atoms with Crippen LogP contribution in [0.4, 0.5) is 5.69 Å². The number of nitrogens with zero attached hydrogens (tertiary/aromatic N) is 2. The van der Waals surface area contributed by atoms with Crippen molar-refractivity contribution in [1.29, 1.82) is 5.26 Å². The first kappa shape index (κ1) is 18.5. The zero-order chi connectivity index (χ0) is 19.4. The van der Waals surface area contributed by atoms with Gasteiger partial charge in [0.25, 0.3) is 0 Å². The van der Waals surface area contributed by atoms with E-state index in [2.05, 4.69) is 9.47 Å². The molecule has 0 bridgehead atoms. The van der Waals surface area contributed by atoms with E-state index in [1.807, 2.05) is 6.07 Å². The van der Waals surface area contributed by atoms with Gasteiger partial charge in [0, 0.05) is 11.9 Å². The second-order valence-electron chi connectivity index (χ2n) is 5.03. The largest absolute Gasteiger partial charge is 0.465 e. The Kier molecular flexibility index (Phi) is 5.27. The highest BCUT2D eigenvalue weighted by atomic mass is 16.5. The Bertz CT molecular complexity index is 904. The number of hydrogen-bond donors (Lipinski definition) is 1. The van der Waals surface area contributed by atoms with Gasteiger partial charge in [-0.2, -0.15) is 5.26 Å². The molecule has 2 rings (SSSR count). The first-order chi connectivity index (χ1) is 12.4. The molecule has 0 saturated heterocycles. The second kappa shape index (κ2) is 7.40. The SMILES string of the molecule is COC(=O)c1cc(C(=O)OC)cc(-n2cc(C#N)c(N)c2C(=O)OC)c1. The van der Waals surface area contributed by atoms with Gasteiger partial charge in [0.15, 0.2) is 5.69 Å². The number of rotatable bonds is 4. The third kappa shape index (κ3) is 3.21. The summed E-state index contributed by atoms with van der Waals surface area (Å²) in [5.74, 6) is -2.18. The third-order valence-corrected chi connectivity index (χ3v) is 3.58. The first-order valence-electron chi connectivity index (χ1n) is 7.19. The summed E-state index contributed by atoms with van der Waals surface area (Å²) < 4.78 is 15.3. The molecule has 2 aromatic rings. The fourth-order valence-corrected chi connectivity index (χ4v) is 2.34. The standard InChI is InChI=1S/C17H15N3O6/c1-24-15(21)9-4-10(16(22)25-2)6-12(5-9)20-8-11(7-18)13(19)14(20)17(23)26-3/h4-6,8H,19H2,1-3H3.